The van der Waals surface area contributed by atoms with Gasteiger partial charge < -0.3 is 4.90 Å². The second kappa shape index (κ2) is 9.92. The molecule has 3 heteroatoms. The summed E-state index contributed by atoms with van der Waals surface area (Å²) < 4.78 is 0. The number of urea groups is 1. The zero-order valence-electron chi connectivity index (χ0n) is 17.6. The van der Waals surface area contributed by atoms with E-state index in [0.717, 1.165) is 36.3 Å². The number of unbranched alkanes of at least 4 members (excludes halogenated alkanes) is 1. The lowest BCUT2D eigenvalue weighted by Crippen LogP contribution is -2.41. The van der Waals surface area contributed by atoms with Gasteiger partial charge in [0.2, 0.25) is 0 Å². The highest BCUT2D eigenvalue weighted by molar-refractivity contribution is 5.99. The van der Waals surface area contributed by atoms with E-state index in [1.807, 2.05) is 52.3 Å². The molecule has 3 aromatic rings. The quantitative estimate of drug-likeness (QED) is 0.435. The van der Waals surface area contributed by atoms with Gasteiger partial charge in [-0.05, 0) is 50.1 Å². The van der Waals surface area contributed by atoms with Crippen molar-refractivity contribution < 1.29 is 4.79 Å². The normalized spacial score (nSPS) is 10.6. The lowest BCUT2D eigenvalue weighted by molar-refractivity contribution is 0.203. The number of aryl methyl sites for hydroxylation is 2. The molecule has 2 amide bonds. The highest BCUT2D eigenvalue weighted by Gasteiger charge is 2.24. The van der Waals surface area contributed by atoms with Crippen LogP contribution in [0.1, 0.15) is 36.5 Å². The molecule has 3 aromatic carbocycles. The predicted molar refractivity (Wildman–Crippen MR) is 122 cm³/mol. The number of hydrogen-bond acceptors (Lipinski definition) is 1. The maximum absolute atomic E-state index is 13.8. The molecule has 29 heavy (non-hydrogen) atoms. The number of anilines is 2. The standard InChI is InChI=1S/C26H30N2O/c1-4-5-19-27(20-23-9-7-6-8-10-23)26(29)28(24-15-11-21(2)12-16-24)25-17-13-22(3)14-18-25/h6-18H,4-5,19-20H2,1-3H3. The monoisotopic (exact) mass is 386 g/mol. The molecule has 0 radical (unpaired) electrons. The third-order valence-corrected chi connectivity index (χ3v) is 5.04. The summed E-state index contributed by atoms with van der Waals surface area (Å²) in [6.45, 7) is 7.62. The summed E-state index contributed by atoms with van der Waals surface area (Å²) in [5, 5.41) is 0. The summed E-state index contributed by atoms with van der Waals surface area (Å²) in [4.78, 5) is 17.6. The minimum atomic E-state index is 0.00927. The molecule has 0 aliphatic heterocycles. The van der Waals surface area contributed by atoms with Crippen LogP contribution in [0.4, 0.5) is 16.2 Å². The van der Waals surface area contributed by atoms with E-state index in [-0.39, 0.29) is 6.03 Å². The first-order valence-corrected chi connectivity index (χ1v) is 10.3. The van der Waals surface area contributed by atoms with Gasteiger partial charge in [-0.2, -0.15) is 0 Å². The van der Waals surface area contributed by atoms with Crippen LogP contribution in [0.3, 0.4) is 0 Å². The van der Waals surface area contributed by atoms with E-state index in [1.165, 1.54) is 11.1 Å². The molecule has 0 bridgehead atoms. The van der Waals surface area contributed by atoms with Crippen molar-refractivity contribution in [2.45, 2.75) is 40.2 Å². The second-order valence-electron chi connectivity index (χ2n) is 7.55. The SMILES string of the molecule is CCCCN(Cc1ccccc1)C(=O)N(c1ccc(C)cc1)c1ccc(C)cc1. The molecule has 0 fully saturated rings. The van der Waals surface area contributed by atoms with E-state index >= 15 is 0 Å². The largest absolute Gasteiger partial charge is 0.329 e. The number of carbonyl (C=O) groups excluding carboxylic acids is 1. The Bertz CT molecular complexity index is 856. The van der Waals surface area contributed by atoms with Gasteiger partial charge in [-0.15, -0.1) is 0 Å². The molecule has 0 unspecified atom stereocenters. The highest BCUT2D eigenvalue weighted by Crippen LogP contribution is 2.28. The first kappa shape index (κ1) is 20.7. The van der Waals surface area contributed by atoms with Gasteiger partial charge >= 0.3 is 6.03 Å². The topological polar surface area (TPSA) is 23.6 Å². The van der Waals surface area contributed by atoms with E-state index in [9.17, 15) is 4.79 Å². The molecule has 0 N–H and O–H groups in total. The van der Waals surface area contributed by atoms with Crippen LogP contribution in [0.25, 0.3) is 0 Å². The summed E-state index contributed by atoms with van der Waals surface area (Å²) >= 11 is 0. The minimum absolute atomic E-state index is 0.00927. The van der Waals surface area contributed by atoms with Gasteiger partial charge in [-0.1, -0.05) is 79.1 Å². The number of amides is 2. The van der Waals surface area contributed by atoms with Gasteiger partial charge in [0.1, 0.15) is 0 Å². The van der Waals surface area contributed by atoms with E-state index in [0.29, 0.717) is 6.54 Å². The van der Waals surface area contributed by atoms with Crippen LogP contribution >= 0.6 is 0 Å². The van der Waals surface area contributed by atoms with Crippen LogP contribution in [0.2, 0.25) is 0 Å². The maximum atomic E-state index is 13.8. The molecule has 3 rings (SSSR count). The Balaban J connectivity index is 1.97. The lowest BCUT2D eigenvalue weighted by Gasteiger charge is -2.31. The smallest absolute Gasteiger partial charge is 0.320 e. The zero-order chi connectivity index (χ0) is 20.6. The fraction of sp³-hybridized carbons (Fsp3) is 0.269. The van der Waals surface area contributed by atoms with E-state index in [2.05, 4.69) is 57.2 Å². The molecule has 0 aromatic heterocycles. The summed E-state index contributed by atoms with van der Waals surface area (Å²) in [5.41, 5.74) is 5.28. The van der Waals surface area contributed by atoms with Gasteiger partial charge in [-0.3, -0.25) is 4.90 Å². The van der Waals surface area contributed by atoms with E-state index in [1.54, 1.807) is 0 Å². The van der Waals surface area contributed by atoms with Gasteiger partial charge in [0.05, 0.1) is 11.4 Å². The molecule has 0 saturated heterocycles. The van der Waals surface area contributed by atoms with Crippen molar-refractivity contribution in [1.29, 1.82) is 0 Å². The van der Waals surface area contributed by atoms with Crippen molar-refractivity contribution in [3.8, 4) is 0 Å². The van der Waals surface area contributed by atoms with E-state index in [4.69, 9.17) is 0 Å². The molecule has 0 aliphatic rings. The fourth-order valence-corrected chi connectivity index (χ4v) is 3.29. The Kier molecular flexibility index (Phi) is 7.07. The Morgan fingerprint density at radius 3 is 1.76 bits per heavy atom. The molecule has 150 valence electrons. The number of hydrogen-bond donors (Lipinski definition) is 0. The molecule has 0 heterocycles. The number of carbonyl (C=O) groups is 1. The van der Waals surface area contributed by atoms with Crippen LogP contribution in [0, 0.1) is 13.8 Å². The second-order valence-corrected chi connectivity index (χ2v) is 7.55. The molecular weight excluding hydrogens is 356 g/mol. The first-order valence-electron chi connectivity index (χ1n) is 10.3. The average molecular weight is 387 g/mol. The summed E-state index contributed by atoms with van der Waals surface area (Å²) in [6.07, 6.45) is 2.03. The van der Waals surface area contributed by atoms with Crippen LogP contribution in [0.5, 0.6) is 0 Å². The molecule has 3 nitrogen and oxygen atoms in total. The van der Waals surface area contributed by atoms with Gasteiger partial charge in [0.15, 0.2) is 0 Å². The zero-order valence-corrected chi connectivity index (χ0v) is 17.6. The third kappa shape index (κ3) is 5.47. The number of benzene rings is 3. The van der Waals surface area contributed by atoms with Crippen LogP contribution in [0.15, 0.2) is 78.9 Å². The summed E-state index contributed by atoms with van der Waals surface area (Å²) in [5.74, 6) is 0. The molecule has 0 spiro atoms. The predicted octanol–water partition coefficient (Wildman–Crippen LogP) is 6.86. The Hall–Kier alpha value is -3.07. The van der Waals surface area contributed by atoms with Crippen molar-refractivity contribution in [3.05, 3.63) is 95.6 Å². The van der Waals surface area contributed by atoms with Crippen LogP contribution in [-0.4, -0.2) is 17.5 Å². The Labute approximate surface area is 174 Å². The van der Waals surface area contributed by atoms with Crippen molar-refractivity contribution >= 4 is 17.4 Å². The summed E-state index contributed by atoms with van der Waals surface area (Å²) in [7, 11) is 0. The van der Waals surface area contributed by atoms with Crippen molar-refractivity contribution in [3.63, 3.8) is 0 Å². The average Bonchev–Trinajstić information content (AvgIpc) is 2.74. The third-order valence-electron chi connectivity index (χ3n) is 5.04. The fourth-order valence-electron chi connectivity index (χ4n) is 3.29. The Morgan fingerprint density at radius 1 is 0.759 bits per heavy atom. The van der Waals surface area contributed by atoms with Crippen molar-refractivity contribution in [2.75, 3.05) is 11.4 Å². The maximum Gasteiger partial charge on any atom is 0.329 e. The van der Waals surface area contributed by atoms with Crippen molar-refractivity contribution in [2.24, 2.45) is 0 Å². The van der Waals surface area contributed by atoms with Gasteiger partial charge in [-0.25, -0.2) is 4.79 Å². The number of rotatable bonds is 7. The summed E-state index contributed by atoms with van der Waals surface area (Å²) in [6, 6.07) is 26.5. The lowest BCUT2D eigenvalue weighted by atomic mass is 10.1. The van der Waals surface area contributed by atoms with Crippen LogP contribution in [-0.2, 0) is 6.54 Å². The van der Waals surface area contributed by atoms with Gasteiger partial charge in [0.25, 0.3) is 0 Å². The Morgan fingerprint density at radius 2 is 1.28 bits per heavy atom. The molecule has 0 aliphatic carbocycles. The van der Waals surface area contributed by atoms with Gasteiger partial charge in [0, 0.05) is 13.1 Å². The first-order chi connectivity index (χ1) is 14.1. The molecule has 0 saturated carbocycles. The molecule has 0 atom stereocenters. The highest BCUT2D eigenvalue weighted by atomic mass is 16.2. The van der Waals surface area contributed by atoms with Crippen LogP contribution < -0.4 is 4.90 Å². The number of nitrogens with zero attached hydrogens (tertiary/aromatic N) is 2. The minimum Gasteiger partial charge on any atom is -0.320 e. The van der Waals surface area contributed by atoms with E-state index < -0.39 is 0 Å². The van der Waals surface area contributed by atoms with Crippen molar-refractivity contribution in [1.82, 2.24) is 4.90 Å². The molecular formula is C26H30N2O.